The van der Waals surface area contributed by atoms with E-state index in [1.54, 1.807) is 0 Å². The van der Waals surface area contributed by atoms with Crippen LogP contribution in [-0.4, -0.2) is 0 Å². The lowest BCUT2D eigenvalue weighted by Crippen LogP contribution is -2.40. The third-order valence-electron chi connectivity index (χ3n) is 9.07. The predicted octanol–water partition coefficient (Wildman–Crippen LogP) is 15.7. The summed E-state index contributed by atoms with van der Waals surface area (Å²) in [4.78, 5) is 0. The van der Waals surface area contributed by atoms with Gasteiger partial charge in [0.25, 0.3) is 0 Å². The highest BCUT2D eigenvalue weighted by atomic mass is 14.6. The fourth-order valence-electron chi connectivity index (χ4n) is 4.46. The largest absolute Gasteiger partial charge is 0.0817 e. The highest BCUT2D eigenvalue weighted by molar-refractivity contribution is 5.22. The molecule has 0 spiro atoms. The SMILES string of the molecule is C.C.C.C.C.C.C.C.C.C.C.C.CC1(C)C=CC(C)(C)C1(C)C.CCC1(CC)C=CC(C)(C)C1(C)C. The van der Waals surface area contributed by atoms with E-state index in [2.05, 4.69) is 107 Å². The maximum atomic E-state index is 2.47. The summed E-state index contributed by atoms with van der Waals surface area (Å²) in [6, 6.07) is 0. The summed E-state index contributed by atoms with van der Waals surface area (Å²) < 4.78 is 0. The Bertz CT molecular complexity index is 482. The molecule has 0 N–H and O–H groups in total. The van der Waals surface area contributed by atoms with E-state index in [1.807, 2.05) is 0 Å². The molecule has 236 valence electrons. The van der Waals surface area contributed by atoms with Crippen molar-refractivity contribution < 1.29 is 0 Å². The molecule has 0 heteroatoms. The Hall–Kier alpha value is -0.520. The van der Waals surface area contributed by atoms with Crippen LogP contribution in [0.15, 0.2) is 24.3 Å². The van der Waals surface area contributed by atoms with Crippen molar-refractivity contribution in [3.8, 4) is 0 Å². The second-order valence-electron chi connectivity index (χ2n) is 10.9. The van der Waals surface area contributed by atoms with Gasteiger partial charge in [-0.25, -0.2) is 0 Å². The Labute approximate surface area is 241 Å². The predicted molar refractivity (Wildman–Crippen MR) is 191 cm³/mol. The van der Waals surface area contributed by atoms with E-state index < -0.39 is 0 Å². The lowest BCUT2D eigenvalue weighted by atomic mass is 9.56. The molecule has 0 bridgehead atoms. The van der Waals surface area contributed by atoms with Gasteiger partial charge in [0.15, 0.2) is 0 Å². The molecule has 0 aromatic rings. The molecule has 0 aromatic carbocycles. The molecule has 0 aromatic heterocycles. The molecule has 0 fully saturated rings. The van der Waals surface area contributed by atoms with Crippen LogP contribution in [0.1, 0.15) is 185 Å². The molecule has 36 heavy (non-hydrogen) atoms. The van der Waals surface area contributed by atoms with Gasteiger partial charge in [-0.15, -0.1) is 0 Å². The van der Waals surface area contributed by atoms with Gasteiger partial charge >= 0.3 is 0 Å². The van der Waals surface area contributed by atoms with E-state index >= 15 is 0 Å². The zero-order valence-corrected chi connectivity index (χ0v) is 18.7. The van der Waals surface area contributed by atoms with Crippen LogP contribution in [0.3, 0.4) is 0 Å². The van der Waals surface area contributed by atoms with E-state index in [-0.39, 0.29) is 89.1 Å². The molecule has 0 radical (unpaired) electrons. The minimum atomic E-state index is 0. The molecule has 0 aliphatic heterocycles. The van der Waals surface area contributed by atoms with Gasteiger partial charge in [-0.05, 0) is 45.3 Å². The second kappa shape index (κ2) is 22.5. The second-order valence-corrected chi connectivity index (χ2v) is 10.9. The normalized spacial score (nSPS) is 19.4. The monoisotopic (exact) mass is 525 g/mol. The van der Waals surface area contributed by atoms with Gasteiger partial charge in [-0.1, -0.05) is 197 Å². The molecule has 2 aliphatic carbocycles. The zero-order valence-electron chi connectivity index (χ0n) is 18.7. The summed E-state index contributed by atoms with van der Waals surface area (Å²) >= 11 is 0. The standard InChI is InChI=1S/C13H24.C11H20.12CH4/c1-7-13(8-2)10-9-11(3,4)12(13,5)6;1-9(2)7-8-10(3,4)11(9,5)6;;;;;;;;;;;;/h9-10H,7-8H2,1-6H3;7-8H,1-6H3;12*1H4. The van der Waals surface area contributed by atoms with Crippen LogP contribution < -0.4 is 0 Å². The van der Waals surface area contributed by atoms with Gasteiger partial charge in [0.2, 0.25) is 0 Å². The third kappa shape index (κ3) is 11.5. The van der Waals surface area contributed by atoms with Crippen molar-refractivity contribution in [2.75, 3.05) is 0 Å². The number of hydrogen-bond donors (Lipinski definition) is 0. The van der Waals surface area contributed by atoms with Crippen LogP contribution in [0.25, 0.3) is 0 Å². The summed E-state index contributed by atoms with van der Waals surface area (Å²) in [5, 5.41) is 0. The Balaban J connectivity index is -0.0000000241. The van der Waals surface area contributed by atoms with E-state index in [0.29, 0.717) is 32.5 Å². The van der Waals surface area contributed by atoms with Crippen molar-refractivity contribution in [3.05, 3.63) is 24.3 Å². The van der Waals surface area contributed by atoms with Crippen molar-refractivity contribution >= 4 is 0 Å². The summed E-state index contributed by atoms with van der Waals surface area (Å²) in [6.45, 7) is 28.2. The Kier molecular flexibility index (Phi) is 47.7. The van der Waals surface area contributed by atoms with Gasteiger partial charge in [0.05, 0.1) is 0 Å². The molecule has 0 nitrogen and oxygen atoms in total. The highest BCUT2D eigenvalue weighted by Gasteiger charge is 2.52. The zero-order chi connectivity index (χ0) is 19.2. The molecule has 2 aliphatic rings. The number of rotatable bonds is 2. The topological polar surface area (TPSA) is 0 Å². The summed E-state index contributed by atoms with van der Waals surface area (Å²) in [5.41, 5.74) is 2.23. The molecule has 0 heterocycles. The molecular formula is C36H92. The average Bonchev–Trinajstić information content (AvgIpc) is 2.72. The maximum absolute atomic E-state index is 2.47. The van der Waals surface area contributed by atoms with E-state index in [1.165, 1.54) is 12.8 Å². The minimum Gasteiger partial charge on any atom is -0.0817 e. The minimum absolute atomic E-state index is 0. The molecule has 0 saturated carbocycles. The lowest BCUT2D eigenvalue weighted by molar-refractivity contribution is 0.0379. The molecule has 0 amide bonds. The van der Waals surface area contributed by atoms with Crippen LogP contribution >= 0.6 is 0 Å². The van der Waals surface area contributed by atoms with Crippen LogP contribution in [0.2, 0.25) is 0 Å². The molecule has 0 unspecified atom stereocenters. The van der Waals surface area contributed by atoms with Gasteiger partial charge in [-0.2, -0.15) is 0 Å². The Morgan fingerprint density at radius 2 is 0.528 bits per heavy atom. The van der Waals surface area contributed by atoms with Crippen molar-refractivity contribution in [1.29, 1.82) is 0 Å². The van der Waals surface area contributed by atoms with Gasteiger partial charge in [-0.3, -0.25) is 0 Å². The van der Waals surface area contributed by atoms with Crippen molar-refractivity contribution in [1.82, 2.24) is 0 Å². The van der Waals surface area contributed by atoms with Gasteiger partial charge in [0.1, 0.15) is 0 Å². The molecule has 2 rings (SSSR count). The molecule has 0 atom stereocenters. The summed E-state index contributed by atoms with van der Waals surface area (Å²) in [5.74, 6) is 0. The molecular weight excluding hydrogens is 432 g/mol. The van der Waals surface area contributed by atoms with Crippen molar-refractivity contribution in [2.45, 2.75) is 185 Å². The summed E-state index contributed by atoms with van der Waals surface area (Å²) in [6.07, 6.45) is 12.1. The number of allylic oxidation sites excluding steroid dienone is 4. The van der Waals surface area contributed by atoms with Gasteiger partial charge in [0, 0.05) is 0 Å². The van der Waals surface area contributed by atoms with Crippen LogP contribution in [0.5, 0.6) is 0 Å². The first kappa shape index (κ1) is 76.5. The van der Waals surface area contributed by atoms with Crippen LogP contribution in [0.4, 0.5) is 0 Å². The fraction of sp³-hybridized carbons (Fsp3) is 0.889. The maximum Gasteiger partial charge on any atom is -0.00641 e. The smallest absolute Gasteiger partial charge is 0.00641 e. The van der Waals surface area contributed by atoms with E-state index in [4.69, 9.17) is 0 Å². The first-order valence-corrected chi connectivity index (χ1v) is 9.94. The summed E-state index contributed by atoms with van der Waals surface area (Å²) in [7, 11) is 0. The third-order valence-corrected chi connectivity index (χ3v) is 9.07. The Morgan fingerprint density at radius 1 is 0.333 bits per heavy atom. The lowest BCUT2D eigenvalue weighted by Gasteiger charge is -2.47. The molecule has 0 saturated heterocycles. The first-order valence-electron chi connectivity index (χ1n) is 9.94. The first-order chi connectivity index (χ1) is 10.5. The number of hydrogen-bond acceptors (Lipinski definition) is 0. The van der Waals surface area contributed by atoms with E-state index in [9.17, 15) is 0 Å². The Morgan fingerprint density at radius 3 is 0.611 bits per heavy atom. The van der Waals surface area contributed by atoms with Crippen molar-refractivity contribution in [2.24, 2.45) is 32.5 Å². The van der Waals surface area contributed by atoms with Crippen molar-refractivity contribution in [3.63, 3.8) is 0 Å². The van der Waals surface area contributed by atoms with Crippen LogP contribution in [-0.2, 0) is 0 Å². The quantitative estimate of drug-likeness (QED) is 0.315. The fourth-order valence-corrected chi connectivity index (χ4v) is 4.46. The van der Waals surface area contributed by atoms with Crippen LogP contribution in [0, 0.1) is 32.5 Å². The highest BCUT2D eigenvalue weighted by Crippen LogP contribution is 2.61. The average molecular weight is 525 g/mol. The van der Waals surface area contributed by atoms with E-state index in [0.717, 1.165) is 0 Å². The van der Waals surface area contributed by atoms with Gasteiger partial charge < -0.3 is 0 Å².